The fraction of sp³-hybridized carbons (Fsp3) is 0.583. The first-order chi connectivity index (χ1) is 9.13. The van der Waals surface area contributed by atoms with E-state index in [1.807, 2.05) is 0 Å². The molecule has 0 saturated heterocycles. The third kappa shape index (κ3) is 6.68. The summed E-state index contributed by atoms with van der Waals surface area (Å²) in [5, 5.41) is 4.53. The van der Waals surface area contributed by atoms with E-state index < -0.39 is 0 Å². The van der Waals surface area contributed by atoms with Gasteiger partial charge in [0, 0.05) is 18.3 Å². The van der Waals surface area contributed by atoms with Crippen LogP contribution in [0, 0.1) is 0 Å². The molecule has 0 atom stereocenters. The molecule has 1 N–H and O–H groups in total. The zero-order valence-corrected chi connectivity index (χ0v) is 13.2. The SMILES string of the molecule is COC(=O)CCCCCCNC(=O)c1csc(Br)n1. The summed E-state index contributed by atoms with van der Waals surface area (Å²) in [6.45, 7) is 0.631. The lowest BCUT2D eigenvalue weighted by Gasteiger charge is -2.03. The van der Waals surface area contributed by atoms with Crippen LogP contribution in [0.3, 0.4) is 0 Å². The first-order valence-electron chi connectivity index (χ1n) is 6.09. The predicted molar refractivity (Wildman–Crippen MR) is 77.2 cm³/mol. The van der Waals surface area contributed by atoms with Gasteiger partial charge in [-0.25, -0.2) is 4.98 Å². The van der Waals surface area contributed by atoms with Gasteiger partial charge in [-0.3, -0.25) is 9.59 Å². The summed E-state index contributed by atoms with van der Waals surface area (Å²) < 4.78 is 5.26. The molecule has 1 aromatic rings. The van der Waals surface area contributed by atoms with Crippen molar-refractivity contribution >= 4 is 39.1 Å². The van der Waals surface area contributed by atoms with Crippen LogP contribution in [0.4, 0.5) is 0 Å². The molecule has 1 rings (SSSR count). The van der Waals surface area contributed by atoms with E-state index in [0.29, 0.717) is 22.6 Å². The Balaban J connectivity index is 2.02. The predicted octanol–water partition coefficient (Wildman–Crippen LogP) is 2.76. The number of nitrogens with one attached hydrogen (secondary N) is 1. The summed E-state index contributed by atoms with van der Waals surface area (Å²) in [4.78, 5) is 26.5. The van der Waals surface area contributed by atoms with Gasteiger partial charge in [0.1, 0.15) is 5.69 Å². The van der Waals surface area contributed by atoms with E-state index in [1.165, 1.54) is 18.4 Å². The van der Waals surface area contributed by atoms with E-state index in [9.17, 15) is 9.59 Å². The summed E-state index contributed by atoms with van der Waals surface area (Å²) in [5.74, 6) is -0.307. The fourth-order valence-corrected chi connectivity index (χ4v) is 2.49. The van der Waals surface area contributed by atoms with Gasteiger partial charge in [0.25, 0.3) is 5.91 Å². The van der Waals surface area contributed by atoms with E-state index in [-0.39, 0.29) is 11.9 Å². The van der Waals surface area contributed by atoms with Crippen molar-refractivity contribution in [2.24, 2.45) is 0 Å². The smallest absolute Gasteiger partial charge is 0.305 e. The molecule has 0 saturated carbocycles. The van der Waals surface area contributed by atoms with E-state index in [2.05, 4.69) is 31.0 Å². The van der Waals surface area contributed by atoms with Crippen LogP contribution in [0.2, 0.25) is 0 Å². The minimum atomic E-state index is -0.164. The molecule has 106 valence electrons. The maximum Gasteiger partial charge on any atom is 0.305 e. The number of amides is 1. The van der Waals surface area contributed by atoms with Crippen LogP contribution in [0.25, 0.3) is 0 Å². The number of thiazole rings is 1. The highest BCUT2D eigenvalue weighted by Crippen LogP contribution is 2.15. The van der Waals surface area contributed by atoms with Crippen molar-refractivity contribution in [1.29, 1.82) is 0 Å². The van der Waals surface area contributed by atoms with Crippen molar-refractivity contribution in [3.05, 3.63) is 15.0 Å². The number of ether oxygens (including phenoxy) is 1. The van der Waals surface area contributed by atoms with E-state index in [1.54, 1.807) is 5.38 Å². The lowest BCUT2D eigenvalue weighted by atomic mass is 10.1. The molecule has 1 amide bonds. The zero-order valence-electron chi connectivity index (χ0n) is 10.8. The van der Waals surface area contributed by atoms with Crippen molar-refractivity contribution in [2.45, 2.75) is 32.1 Å². The first-order valence-corrected chi connectivity index (χ1v) is 7.77. The quantitative estimate of drug-likeness (QED) is 0.579. The molecule has 0 aliphatic rings. The summed E-state index contributed by atoms with van der Waals surface area (Å²) in [7, 11) is 1.40. The Labute approximate surface area is 124 Å². The minimum absolute atomic E-state index is 0.142. The van der Waals surface area contributed by atoms with E-state index >= 15 is 0 Å². The average molecular weight is 349 g/mol. The number of rotatable bonds is 8. The highest BCUT2D eigenvalue weighted by Gasteiger charge is 2.08. The van der Waals surface area contributed by atoms with Gasteiger partial charge in [-0.15, -0.1) is 11.3 Å². The molecule has 0 aliphatic carbocycles. The van der Waals surface area contributed by atoms with Crippen molar-refractivity contribution in [1.82, 2.24) is 10.3 Å². The number of halogens is 1. The van der Waals surface area contributed by atoms with Crippen molar-refractivity contribution in [3.63, 3.8) is 0 Å². The molecule has 0 radical (unpaired) electrons. The molecular formula is C12H17BrN2O3S. The number of carbonyl (C=O) groups excluding carboxylic acids is 2. The number of esters is 1. The molecular weight excluding hydrogens is 332 g/mol. The van der Waals surface area contributed by atoms with Crippen molar-refractivity contribution in [3.8, 4) is 0 Å². The molecule has 1 heterocycles. The fourth-order valence-electron chi connectivity index (χ4n) is 1.50. The van der Waals surface area contributed by atoms with Crippen LogP contribution < -0.4 is 5.32 Å². The number of methoxy groups -OCH3 is 1. The molecule has 0 aliphatic heterocycles. The Hall–Kier alpha value is -0.950. The highest BCUT2D eigenvalue weighted by molar-refractivity contribution is 9.11. The lowest BCUT2D eigenvalue weighted by molar-refractivity contribution is -0.140. The Kier molecular flexibility index (Phi) is 7.66. The molecule has 0 bridgehead atoms. The Bertz CT molecular complexity index is 423. The molecule has 0 spiro atoms. The molecule has 7 heteroatoms. The maximum absolute atomic E-state index is 11.6. The van der Waals surface area contributed by atoms with Gasteiger partial charge in [0.15, 0.2) is 3.92 Å². The summed E-state index contributed by atoms with van der Waals surface area (Å²) in [5.41, 5.74) is 0.447. The second kappa shape index (κ2) is 9.03. The third-order valence-corrected chi connectivity index (χ3v) is 3.89. The molecule has 0 fully saturated rings. The molecule has 5 nitrogen and oxygen atoms in total. The lowest BCUT2D eigenvalue weighted by Crippen LogP contribution is -2.24. The van der Waals surface area contributed by atoms with Crippen molar-refractivity contribution in [2.75, 3.05) is 13.7 Å². The summed E-state index contributed by atoms with van der Waals surface area (Å²) in [6.07, 6.45) is 4.15. The Morgan fingerprint density at radius 3 is 2.74 bits per heavy atom. The van der Waals surface area contributed by atoms with Crippen LogP contribution in [0.5, 0.6) is 0 Å². The van der Waals surface area contributed by atoms with Gasteiger partial charge in [-0.1, -0.05) is 12.8 Å². The molecule has 19 heavy (non-hydrogen) atoms. The number of carbonyl (C=O) groups is 2. The Morgan fingerprint density at radius 1 is 1.37 bits per heavy atom. The van der Waals surface area contributed by atoms with Gasteiger partial charge < -0.3 is 10.1 Å². The standard InChI is InChI=1S/C12H17BrN2O3S/c1-18-10(16)6-4-2-3-5-7-14-11(17)9-8-19-12(13)15-9/h8H,2-7H2,1H3,(H,14,17). The van der Waals surface area contributed by atoms with Crippen LogP contribution in [0.1, 0.15) is 42.6 Å². The molecule has 0 aromatic carbocycles. The van der Waals surface area contributed by atoms with Gasteiger partial charge in [0.05, 0.1) is 7.11 Å². The normalized spacial score (nSPS) is 10.2. The van der Waals surface area contributed by atoms with Gasteiger partial charge in [-0.05, 0) is 28.8 Å². The van der Waals surface area contributed by atoms with E-state index in [0.717, 1.165) is 25.7 Å². The van der Waals surface area contributed by atoms with Gasteiger partial charge in [-0.2, -0.15) is 0 Å². The van der Waals surface area contributed by atoms with Crippen LogP contribution in [0.15, 0.2) is 9.30 Å². The monoisotopic (exact) mass is 348 g/mol. The maximum atomic E-state index is 11.6. The number of aromatic nitrogens is 1. The average Bonchev–Trinajstić information content (AvgIpc) is 2.83. The topological polar surface area (TPSA) is 68.3 Å². The third-order valence-electron chi connectivity index (χ3n) is 2.53. The summed E-state index contributed by atoms with van der Waals surface area (Å²) in [6, 6.07) is 0. The first kappa shape index (κ1) is 16.1. The second-order valence-electron chi connectivity index (χ2n) is 3.98. The number of nitrogens with zero attached hydrogens (tertiary/aromatic N) is 1. The largest absolute Gasteiger partial charge is 0.469 e. The van der Waals surface area contributed by atoms with Crippen LogP contribution in [-0.4, -0.2) is 30.5 Å². The van der Waals surface area contributed by atoms with Crippen molar-refractivity contribution < 1.29 is 14.3 Å². The number of hydrogen-bond donors (Lipinski definition) is 1. The number of unbranched alkanes of at least 4 members (excludes halogenated alkanes) is 3. The minimum Gasteiger partial charge on any atom is -0.469 e. The van der Waals surface area contributed by atoms with E-state index in [4.69, 9.17) is 0 Å². The molecule has 0 unspecified atom stereocenters. The highest BCUT2D eigenvalue weighted by atomic mass is 79.9. The van der Waals surface area contributed by atoms with Crippen LogP contribution in [-0.2, 0) is 9.53 Å². The van der Waals surface area contributed by atoms with Gasteiger partial charge in [0.2, 0.25) is 0 Å². The zero-order chi connectivity index (χ0) is 14.1. The molecule has 1 aromatic heterocycles. The Morgan fingerprint density at radius 2 is 2.11 bits per heavy atom. The van der Waals surface area contributed by atoms with Crippen LogP contribution >= 0.6 is 27.3 Å². The second-order valence-corrected chi connectivity index (χ2v) is 6.12. The van der Waals surface area contributed by atoms with Gasteiger partial charge >= 0.3 is 5.97 Å². The number of hydrogen-bond acceptors (Lipinski definition) is 5. The summed E-state index contributed by atoms with van der Waals surface area (Å²) >= 11 is 4.61.